The Morgan fingerprint density at radius 1 is 0.848 bits per heavy atom. The minimum atomic E-state index is -0.468. The number of imide groups is 1. The quantitative estimate of drug-likeness (QED) is 0.501. The van der Waals surface area contributed by atoms with Crippen LogP contribution in [0.3, 0.4) is 0 Å². The number of hydrogen-bond donors (Lipinski definition) is 1. The molecule has 2 amide bonds. The Morgan fingerprint density at radius 2 is 1.52 bits per heavy atom. The highest BCUT2D eigenvalue weighted by Crippen LogP contribution is 2.34. The van der Waals surface area contributed by atoms with E-state index in [4.69, 9.17) is 4.74 Å². The average molecular weight is 445 g/mol. The third kappa shape index (κ3) is 4.51. The van der Waals surface area contributed by atoms with Crippen molar-refractivity contribution in [2.75, 3.05) is 10.2 Å². The van der Waals surface area contributed by atoms with Gasteiger partial charge in [-0.1, -0.05) is 18.2 Å². The zero-order valence-corrected chi connectivity index (χ0v) is 19.0. The molecule has 0 bridgehead atoms. The van der Waals surface area contributed by atoms with Gasteiger partial charge in [-0.3, -0.25) is 9.59 Å². The van der Waals surface area contributed by atoms with Gasteiger partial charge >= 0.3 is 0 Å². The molecule has 4 rings (SSSR count). The SMILES string of the molecule is Cc1ccc(N2C(=O)C(Nc3ccc(OC(C)C)cc3)=C(c3ccc(F)cc3)C2=O)cc1C. The fourth-order valence-electron chi connectivity index (χ4n) is 3.66. The maximum Gasteiger partial charge on any atom is 0.282 e. The zero-order chi connectivity index (χ0) is 23.7. The van der Waals surface area contributed by atoms with Crippen LogP contribution in [0, 0.1) is 19.7 Å². The van der Waals surface area contributed by atoms with Gasteiger partial charge in [0.15, 0.2) is 0 Å². The summed E-state index contributed by atoms with van der Waals surface area (Å²) < 4.78 is 19.2. The predicted octanol–water partition coefficient (Wildman–Crippen LogP) is 5.63. The van der Waals surface area contributed by atoms with Crippen LogP contribution in [0.15, 0.2) is 72.4 Å². The van der Waals surface area contributed by atoms with E-state index in [9.17, 15) is 14.0 Å². The minimum absolute atomic E-state index is 0.0390. The number of nitrogens with zero attached hydrogens (tertiary/aromatic N) is 1. The molecule has 1 N–H and O–H groups in total. The Bertz CT molecular complexity index is 1250. The Hall–Kier alpha value is -3.93. The third-order valence-corrected chi connectivity index (χ3v) is 5.46. The number of halogens is 1. The van der Waals surface area contributed by atoms with Crippen LogP contribution < -0.4 is 15.0 Å². The van der Waals surface area contributed by atoms with Crippen molar-refractivity contribution < 1.29 is 18.7 Å². The first kappa shape index (κ1) is 22.3. The van der Waals surface area contributed by atoms with Crippen LogP contribution in [-0.2, 0) is 9.59 Å². The van der Waals surface area contributed by atoms with Crippen LogP contribution in [-0.4, -0.2) is 17.9 Å². The number of benzene rings is 3. The molecule has 0 unspecified atom stereocenters. The molecule has 1 aliphatic rings. The van der Waals surface area contributed by atoms with Crippen molar-refractivity contribution in [2.45, 2.75) is 33.8 Å². The summed E-state index contributed by atoms with van der Waals surface area (Å²) in [7, 11) is 0. The van der Waals surface area contributed by atoms with Crippen molar-refractivity contribution >= 4 is 28.8 Å². The van der Waals surface area contributed by atoms with E-state index in [-0.39, 0.29) is 17.4 Å². The van der Waals surface area contributed by atoms with E-state index in [0.29, 0.717) is 22.7 Å². The molecule has 33 heavy (non-hydrogen) atoms. The second kappa shape index (κ2) is 8.90. The molecule has 168 valence electrons. The van der Waals surface area contributed by atoms with Crippen LogP contribution in [0.5, 0.6) is 5.75 Å². The Morgan fingerprint density at radius 3 is 2.12 bits per heavy atom. The largest absolute Gasteiger partial charge is 0.491 e. The Labute approximate surface area is 192 Å². The lowest BCUT2D eigenvalue weighted by atomic mass is 10.0. The molecule has 3 aromatic rings. The molecule has 1 heterocycles. The molecule has 0 saturated carbocycles. The maximum absolute atomic E-state index is 13.5. The molecule has 0 spiro atoms. The molecule has 0 atom stereocenters. The fourth-order valence-corrected chi connectivity index (χ4v) is 3.66. The van der Waals surface area contributed by atoms with Gasteiger partial charge in [0.1, 0.15) is 17.3 Å². The second-order valence-electron chi connectivity index (χ2n) is 8.29. The topological polar surface area (TPSA) is 58.6 Å². The fraction of sp³-hybridized carbons (Fsp3) is 0.185. The number of ether oxygens (including phenoxy) is 1. The summed E-state index contributed by atoms with van der Waals surface area (Å²) in [6, 6.07) is 18.1. The van der Waals surface area contributed by atoms with E-state index < -0.39 is 17.6 Å². The minimum Gasteiger partial charge on any atom is -0.491 e. The smallest absolute Gasteiger partial charge is 0.282 e. The lowest BCUT2D eigenvalue weighted by Gasteiger charge is -2.17. The molecule has 0 aromatic heterocycles. The molecule has 0 saturated heterocycles. The van der Waals surface area contributed by atoms with Gasteiger partial charge in [-0.25, -0.2) is 9.29 Å². The number of nitrogens with one attached hydrogen (secondary N) is 1. The molecule has 6 heteroatoms. The van der Waals surface area contributed by atoms with E-state index in [0.717, 1.165) is 16.0 Å². The number of rotatable bonds is 6. The molecule has 5 nitrogen and oxygen atoms in total. The van der Waals surface area contributed by atoms with Crippen molar-refractivity contribution in [1.29, 1.82) is 0 Å². The van der Waals surface area contributed by atoms with Gasteiger partial charge in [0, 0.05) is 5.69 Å². The number of aryl methyl sites for hydroxylation is 2. The van der Waals surface area contributed by atoms with Gasteiger partial charge in [-0.15, -0.1) is 0 Å². The molecule has 3 aromatic carbocycles. The summed E-state index contributed by atoms with van der Waals surface area (Å²) in [5, 5.41) is 3.11. The number of anilines is 2. The van der Waals surface area contributed by atoms with Crippen molar-refractivity contribution in [3.05, 3.63) is 94.9 Å². The van der Waals surface area contributed by atoms with Crippen molar-refractivity contribution in [2.24, 2.45) is 0 Å². The zero-order valence-electron chi connectivity index (χ0n) is 19.0. The summed E-state index contributed by atoms with van der Waals surface area (Å²) in [4.78, 5) is 28.1. The average Bonchev–Trinajstić information content (AvgIpc) is 3.01. The molecular formula is C27H25FN2O3. The summed E-state index contributed by atoms with van der Waals surface area (Å²) in [5.74, 6) is -0.645. The van der Waals surface area contributed by atoms with Crippen LogP contribution in [0.1, 0.15) is 30.5 Å². The van der Waals surface area contributed by atoms with Crippen LogP contribution >= 0.6 is 0 Å². The highest BCUT2D eigenvalue weighted by Gasteiger charge is 2.40. The standard InChI is InChI=1S/C27H25FN2O3/c1-16(2)33-23-13-10-21(11-14-23)29-25-24(19-6-8-20(28)9-7-19)26(31)30(27(25)32)22-12-5-17(3)18(4)15-22/h5-16,29H,1-4H3. The number of hydrogen-bond acceptors (Lipinski definition) is 4. The highest BCUT2D eigenvalue weighted by atomic mass is 19.1. The summed E-state index contributed by atoms with van der Waals surface area (Å²) in [6.45, 7) is 7.78. The molecule has 0 aliphatic carbocycles. The second-order valence-corrected chi connectivity index (χ2v) is 8.29. The molecule has 0 radical (unpaired) electrons. The van der Waals surface area contributed by atoms with Gasteiger partial charge in [-0.05, 0) is 92.9 Å². The van der Waals surface area contributed by atoms with Crippen LogP contribution in [0.25, 0.3) is 5.57 Å². The molecule has 0 fully saturated rings. The van der Waals surface area contributed by atoms with Crippen LogP contribution in [0.4, 0.5) is 15.8 Å². The van der Waals surface area contributed by atoms with Gasteiger partial charge in [0.05, 0.1) is 17.4 Å². The summed E-state index contributed by atoms with van der Waals surface area (Å²) in [5.41, 5.74) is 3.95. The van der Waals surface area contributed by atoms with Gasteiger partial charge < -0.3 is 10.1 Å². The summed E-state index contributed by atoms with van der Waals surface area (Å²) >= 11 is 0. The Balaban J connectivity index is 1.75. The van der Waals surface area contributed by atoms with E-state index in [2.05, 4.69) is 5.32 Å². The molecule has 1 aliphatic heterocycles. The van der Waals surface area contributed by atoms with Crippen molar-refractivity contribution in [3.63, 3.8) is 0 Å². The predicted molar refractivity (Wildman–Crippen MR) is 128 cm³/mol. The van der Waals surface area contributed by atoms with Gasteiger partial charge in [-0.2, -0.15) is 0 Å². The number of amides is 2. The lowest BCUT2D eigenvalue weighted by molar-refractivity contribution is -0.120. The maximum atomic E-state index is 13.5. The van der Waals surface area contributed by atoms with E-state index in [1.165, 1.54) is 24.3 Å². The van der Waals surface area contributed by atoms with Gasteiger partial charge in [0.2, 0.25) is 0 Å². The first-order valence-corrected chi connectivity index (χ1v) is 10.7. The van der Waals surface area contributed by atoms with Crippen molar-refractivity contribution in [3.8, 4) is 5.75 Å². The monoisotopic (exact) mass is 444 g/mol. The van der Waals surface area contributed by atoms with Gasteiger partial charge in [0.25, 0.3) is 11.8 Å². The first-order valence-electron chi connectivity index (χ1n) is 10.7. The number of carbonyl (C=O) groups excluding carboxylic acids is 2. The van der Waals surface area contributed by atoms with Crippen molar-refractivity contribution in [1.82, 2.24) is 0 Å². The van der Waals surface area contributed by atoms with E-state index >= 15 is 0 Å². The molecular weight excluding hydrogens is 419 g/mol. The lowest BCUT2D eigenvalue weighted by Crippen LogP contribution is -2.32. The Kier molecular flexibility index (Phi) is 6.01. The number of carbonyl (C=O) groups is 2. The third-order valence-electron chi connectivity index (χ3n) is 5.46. The normalized spacial score (nSPS) is 13.8. The van der Waals surface area contributed by atoms with E-state index in [1.54, 1.807) is 30.3 Å². The highest BCUT2D eigenvalue weighted by molar-refractivity contribution is 6.46. The first-order chi connectivity index (χ1) is 15.7. The van der Waals surface area contributed by atoms with E-state index in [1.807, 2.05) is 39.8 Å². The van der Waals surface area contributed by atoms with Crippen LogP contribution in [0.2, 0.25) is 0 Å². The summed E-state index contributed by atoms with van der Waals surface area (Å²) in [6.07, 6.45) is 0.0390.